The lowest BCUT2D eigenvalue weighted by atomic mass is 9.78. The molecule has 0 heterocycles. The molecule has 5 heteroatoms. The van der Waals surface area contributed by atoms with E-state index in [0.29, 0.717) is 6.42 Å². The van der Waals surface area contributed by atoms with Crippen molar-refractivity contribution in [2.24, 2.45) is 0 Å². The summed E-state index contributed by atoms with van der Waals surface area (Å²) < 4.78 is 38.5. The molecule has 1 aromatic rings. The van der Waals surface area contributed by atoms with Crippen molar-refractivity contribution in [2.45, 2.75) is 57.5 Å². The van der Waals surface area contributed by atoms with Gasteiger partial charge in [0.25, 0.3) is 0 Å². The van der Waals surface area contributed by atoms with Crippen LogP contribution in [-0.2, 0) is 0 Å². The fourth-order valence-electron chi connectivity index (χ4n) is 3.26. The maximum Gasteiger partial charge on any atom is 0.401 e. The molecule has 0 saturated heterocycles. The van der Waals surface area contributed by atoms with E-state index in [-0.39, 0.29) is 12.0 Å². The molecule has 0 bridgehead atoms. The minimum Gasteiger partial charge on any atom is -0.387 e. The van der Waals surface area contributed by atoms with Gasteiger partial charge in [-0.2, -0.15) is 13.2 Å². The largest absolute Gasteiger partial charge is 0.401 e. The van der Waals surface area contributed by atoms with Crippen molar-refractivity contribution in [3.63, 3.8) is 0 Å². The van der Waals surface area contributed by atoms with Crippen molar-refractivity contribution in [2.75, 3.05) is 6.54 Å². The van der Waals surface area contributed by atoms with E-state index in [9.17, 15) is 18.3 Å². The van der Waals surface area contributed by atoms with Crippen molar-refractivity contribution in [3.8, 4) is 0 Å². The third-order valence-electron chi connectivity index (χ3n) is 4.26. The lowest BCUT2D eigenvalue weighted by Gasteiger charge is -2.43. The molecule has 2 rings (SSSR count). The minimum absolute atomic E-state index is 0.143. The Balaban J connectivity index is 2.31. The van der Waals surface area contributed by atoms with Gasteiger partial charge in [0.2, 0.25) is 0 Å². The molecule has 21 heavy (non-hydrogen) atoms. The average Bonchev–Trinajstić information content (AvgIpc) is 2.39. The van der Waals surface area contributed by atoms with E-state index in [0.717, 1.165) is 11.1 Å². The summed E-state index contributed by atoms with van der Waals surface area (Å²) >= 11 is 0. The molecule has 3 unspecified atom stereocenters. The summed E-state index contributed by atoms with van der Waals surface area (Å²) in [6.07, 6.45) is -4.60. The van der Waals surface area contributed by atoms with Crippen LogP contribution < -0.4 is 0 Å². The predicted molar refractivity (Wildman–Crippen MR) is 76.1 cm³/mol. The highest BCUT2D eigenvalue weighted by Crippen LogP contribution is 2.40. The first-order valence-corrected chi connectivity index (χ1v) is 7.30. The molecule has 0 amide bonds. The highest BCUT2D eigenvalue weighted by molar-refractivity contribution is 5.35. The fraction of sp³-hybridized carbons (Fsp3) is 0.625. The number of alkyl halides is 3. The number of halogens is 3. The van der Waals surface area contributed by atoms with E-state index in [4.69, 9.17) is 0 Å². The highest BCUT2D eigenvalue weighted by Gasteiger charge is 2.41. The molecule has 0 spiro atoms. The third-order valence-corrected chi connectivity index (χ3v) is 4.26. The minimum atomic E-state index is -4.26. The number of nitrogens with zero attached hydrogens (tertiary/aromatic N) is 1. The first-order valence-electron chi connectivity index (χ1n) is 7.30. The summed E-state index contributed by atoms with van der Waals surface area (Å²) in [5.41, 5.74) is 1.80. The van der Waals surface area contributed by atoms with Gasteiger partial charge in [-0.05, 0) is 37.3 Å². The molecule has 0 radical (unpaired) electrons. The Morgan fingerprint density at radius 1 is 1.24 bits per heavy atom. The van der Waals surface area contributed by atoms with E-state index in [1.165, 1.54) is 4.90 Å². The molecule has 1 aromatic carbocycles. The van der Waals surface area contributed by atoms with Crippen LogP contribution in [0.25, 0.3) is 0 Å². The van der Waals surface area contributed by atoms with Crippen molar-refractivity contribution in [1.29, 1.82) is 0 Å². The molecule has 0 aliphatic heterocycles. The van der Waals surface area contributed by atoms with Gasteiger partial charge in [-0.1, -0.05) is 31.2 Å². The van der Waals surface area contributed by atoms with Gasteiger partial charge >= 0.3 is 6.18 Å². The second-order valence-electron chi connectivity index (χ2n) is 6.16. The summed E-state index contributed by atoms with van der Waals surface area (Å²) in [4.78, 5) is 1.37. The Kier molecular flexibility index (Phi) is 4.63. The summed E-state index contributed by atoms with van der Waals surface area (Å²) in [7, 11) is 0. The van der Waals surface area contributed by atoms with Crippen LogP contribution in [0.1, 0.15) is 50.3 Å². The molecule has 0 fully saturated rings. The smallest absolute Gasteiger partial charge is 0.387 e. The quantitative estimate of drug-likeness (QED) is 0.916. The van der Waals surface area contributed by atoms with Crippen LogP contribution in [0.3, 0.4) is 0 Å². The zero-order valence-corrected chi connectivity index (χ0v) is 12.6. The van der Waals surface area contributed by atoms with Crippen LogP contribution in [0.15, 0.2) is 24.3 Å². The summed E-state index contributed by atoms with van der Waals surface area (Å²) in [6, 6.07) is 6.71. The van der Waals surface area contributed by atoms with Gasteiger partial charge in [0.15, 0.2) is 0 Å². The van der Waals surface area contributed by atoms with Gasteiger partial charge in [0, 0.05) is 12.1 Å². The highest BCUT2D eigenvalue weighted by atomic mass is 19.4. The summed E-state index contributed by atoms with van der Waals surface area (Å²) in [5.74, 6) is 0.143. The number of rotatable bonds is 3. The monoisotopic (exact) mass is 301 g/mol. The van der Waals surface area contributed by atoms with Crippen molar-refractivity contribution in [3.05, 3.63) is 35.4 Å². The van der Waals surface area contributed by atoms with E-state index >= 15 is 0 Å². The lowest BCUT2D eigenvalue weighted by Crippen LogP contribution is -2.50. The fourth-order valence-corrected chi connectivity index (χ4v) is 3.26. The molecule has 1 aliphatic rings. The second kappa shape index (κ2) is 5.97. The Bertz CT molecular complexity index is 487. The number of aliphatic hydroxyl groups excluding tert-OH is 1. The van der Waals surface area contributed by atoms with E-state index in [1.807, 2.05) is 31.2 Å². The topological polar surface area (TPSA) is 23.5 Å². The maximum absolute atomic E-state index is 12.8. The first-order chi connectivity index (χ1) is 9.70. The SMILES string of the molecule is CC1CC(N(CC(F)(F)F)C(C)C)C(O)c2ccccc21. The standard InChI is InChI=1S/C16H22F3NO/c1-10(2)20(9-16(17,18)19)14-8-11(3)12-6-4-5-7-13(12)15(14)21/h4-7,10-11,14-15,21H,8-9H2,1-3H3. The van der Waals surface area contributed by atoms with E-state index in [2.05, 4.69) is 0 Å². The van der Waals surface area contributed by atoms with Crippen molar-refractivity contribution >= 4 is 0 Å². The average molecular weight is 301 g/mol. The molecule has 1 N–H and O–H groups in total. The van der Waals surface area contributed by atoms with Crippen LogP contribution in [0.2, 0.25) is 0 Å². The van der Waals surface area contributed by atoms with Crippen LogP contribution in [-0.4, -0.2) is 34.8 Å². The van der Waals surface area contributed by atoms with Crippen LogP contribution in [0, 0.1) is 0 Å². The van der Waals surface area contributed by atoms with Crippen LogP contribution >= 0.6 is 0 Å². The molecule has 118 valence electrons. The molecule has 3 atom stereocenters. The van der Waals surface area contributed by atoms with Gasteiger partial charge < -0.3 is 5.11 Å². The van der Waals surface area contributed by atoms with Crippen molar-refractivity contribution < 1.29 is 18.3 Å². The number of hydrogen-bond donors (Lipinski definition) is 1. The number of fused-ring (bicyclic) bond motifs is 1. The first kappa shape index (κ1) is 16.3. The molecule has 1 aliphatic carbocycles. The van der Waals surface area contributed by atoms with E-state index < -0.39 is 24.9 Å². The van der Waals surface area contributed by atoms with Gasteiger partial charge in [-0.15, -0.1) is 0 Å². The molecule has 0 aromatic heterocycles. The lowest BCUT2D eigenvalue weighted by molar-refractivity contribution is -0.162. The maximum atomic E-state index is 12.8. The van der Waals surface area contributed by atoms with Gasteiger partial charge in [0.1, 0.15) is 0 Å². The van der Waals surface area contributed by atoms with Gasteiger partial charge in [0.05, 0.1) is 12.6 Å². The Hall–Kier alpha value is -1.07. The Morgan fingerprint density at radius 2 is 1.81 bits per heavy atom. The number of aliphatic hydroxyl groups is 1. The molecular weight excluding hydrogens is 279 g/mol. The normalized spacial score (nSPS) is 26.2. The van der Waals surface area contributed by atoms with Crippen LogP contribution in [0.4, 0.5) is 13.2 Å². The number of hydrogen-bond acceptors (Lipinski definition) is 2. The Morgan fingerprint density at radius 3 is 2.33 bits per heavy atom. The van der Waals surface area contributed by atoms with Gasteiger partial charge in [-0.25, -0.2) is 0 Å². The number of benzene rings is 1. The molecule has 0 saturated carbocycles. The molecular formula is C16H22F3NO. The zero-order chi connectivity index (χ0) is 15.8. The van der Waals surface area contributed by atoms with E-state index in [1.54, 1.807) is 13.8 Å². The Labute approximate surface area is 123 Å². The second-order valence-corrected chi connectivity index (χ2v) is 6.16. The summed E-state index contributed by atoms with van der Waals surface area (Å²) in [5, 5.41) is 10.5. The summed E-state index contributed by atoms with van der Waals surface area (Å²) in [6.45, 7) is 4.50. The predicted octanol–water partition coefficient (Wildman–Crippen LogP) is 3.87. The molecule has 2 nitrogen and oxygen atoms in total. The van der Waals surface area contributed by atoms with Crippen LogP contribution in [0.5, 0.6) is 0 Å². The van der Waals surface area contributed by atoms with Crippen molar-refractivity contribution in [1.82, 2.24) is 4.90 Å². The third kappa shape index (κ3) is 3.58. The van der Waals surface area contributed by atoms with Gasteiger partial charge in [-0.3, -0.25) is 4.90 Å². The zero-order valence-electron chi connectivity index (χ0n) is 12.6.